The molecule has 1 saturated heterocycles. The fraction of sp³-hybridized carbons (Fsp3) is 1.00. The molecule has 0 aliphatic carbocycles. The minimum absolute atomic E-state index is 0.0763. The second-order valence-electron chi connectivity index (χ2n) is 4.27. The van der Waals surface area contributed by atoms with E-state index < -0.39 is 10.0 Å². The van der Waals surface area contributed by atoms with Crippen LogP contribution in [0.4, 0.5) is 0 Å². The molecule has 1 aliphatic rings. The first-order valence-corrected chi connectivity index (χ1v) is 6.32. The molecule has 3 atom stereocenters. The van der Waals surface area contributed by atoms with Crippen LogP contribution in [0.25, 0.3) is 0 Å². The van der Waals surface area contributed by atoms with Gasteiger partial charge in [0, 0.05) is 12.1 Å². The van der Waals surface area contributed by atoms with Crippen LogP contribution >= 0.6 is 0 Å². The molecule has 3 unspecified atom stereocenters. The molecule has 1 fully saturated rings. The smallest absolute Gasteiger partial charge is 0.212 e. The first-order chi connectivity index (χ1) is 5.80. The molecule has 4 heteroatoms. The molecule has 1 heterocycles. The molecule has 1 rings (SSSR count). The SMILES string of the molecule is CC1C(C)N(C(C)C)S(=O)(=O)C1C. The van der Waals surface area contributed by atoms with Crippen molar-refractivity contribution in [1.29, 1.82) is 0 Å². The molecule has 0 N–H and O–H groups in total. The van der Waals surface area contributed by atoms with Crippen LogP contribution in [0.2, 0.25) is 0 Å². The molecule has 3 nitrogen and oxygen atoms in total. The summed E-state index contributed by atoms with van der Waals surface area (Å²) >= 11 is 0. The van der Waals surface area contributed by atoms with Gasteiger partial charge in [-0.05, 0) is 33.6 Å². The summed E-state index contributed by atoms with van der Waals surface area (Å²) in [5, 5.41) is -0.232. The number of nitrogens with zero attached hydrogens (tertiary/aromatic N) is 1. The molecule has 0 amide bonds. The molecular weight excluding hydrogens is 186 g/mol. The number of sulfonamides is 1. The molecular formula is C9H19NO2S. The highest BCUT2D eigenvalue weighted by molar-refractivity contribution is 7.90. The van der Waals surface area contributed by atoms with E-state index in [-0.39, 0.29) is 23.3 Å². The van der Waals surface area contributed by atoms with Crippen molar-refractivity contribution in [3.8, 4) is 0 Å². The van der Waals surface area contributed by atoms with Crippen LogP contribution < -0.4 is 0 Å². The Labute approximate surface area is 81.2 Å². The fourth-order valence-corrected chi connectivity index (χ4v) is 4.48. The minimum atomic E-state index is -3.03. The molecule has 0 spiro atoms. The molecule has 0 aromatic carbocycles. The van der Waals surface area contributed by atoms with Crippen molar-refractivity contribution >= 4 is 10.0 Å². The number of rotatable bonds is 1. The number of hydrogen-bond acceptors (Lipinski definition) is 2. The fourth-order valence-electron chi connectivity index (χ4n) is 2.08. The quantitative estimate of drug-likeness (QED) is 0.650. The average Bonchev–Trinajstić information content (AvgIpc) is 2.12. The van der Waals surface area contributed by atoms with Crippen LogP contribution in [0.5, 0.6) is 0 Å². The van der Waals surface area contributed by atoms with Gasteiger partial charge in [-0.15, -0.1) is 0 Å². The molecule has 0 aromatic rings. The van der Waals surface area contributed by atoms with Gasteiger partial charge in [0.05, 0.1) is 5.25 Å². The maximum absolute atomic E-state index is 11.9. The van der Waals surface area contributed by atoms with Gasteiger partial charge in [-0.2, -0.15) is 4.31 Å². The highest BCUT2D eigenvalue weighted by Gasteiger charge is 2.47. The Hall–Kier alpha value is -0.0900. The van der Waals surface area contributed by atoms with Gasteiger partial charge in [0.2, 0.25) is 10.0 Å². The zero-order valence-corrected chi connectivity index (χ0v) is 9.80. The summed E-state index contributed by atoms with van der Waals surface area (Å²) in [6.45, 7) is 9.66. The first-order valence-electron chi connectivity index (χ1n) is 4.82. The van der Waals surface area contributed by atoms with Crippen molar-refractivity contribution in [3.63, 3.8) is 0 Å². The van der Waals surface area contributed by atoms with Gasteiger partial charge in [-0.25, -0.2) is 8.42 Å². The van der Waals surface area contributed by atoms with Crippen molar-refractivity contribution in [2.24, 2.45) is 5.92 Å². The van der Waals surface area contributed by atoms with Gasteiger partial charge in [0.25, 0.3) is 0 Å². The van der Waals surface area contributed by atoms with Crippen molar-refractivity contribution in [2.45, 2.75) is 52.0 Å². The van der Waals surface area contributed by atoms with Crippen molar-refractivity contribution in [2.75, 3.05) is 0 Å². The summed E-state index contributed by atoms with van der Waals surface area (Å²) in [7, 11) is -3.03. The van der Waals surface area contributed by atoms with Crippen LogP contribution in [-0.2, 0) is 10.0 Å². The van der Waals surface area contributed by atoms with E-state index in [0.717, 1.165) is 0 Å². The summed E-state index contributed by atoms with van der Waals surface area (Å²) in [5.74, 6) is 0.229. The van der Waals surface area contributed by atoms with Gasteiger partial charge in [-0.3, -0.25) is 0 Å². The first kappa shape index (κ1) is 11.0. The molecule has 0 radical (unpaired) electrons. The predicted octanol–water partition coefficient (Wildman–Crippen LogP) is 1.45. The second-order valence-corrected chi connectivity index (χ2v) is 6.47. The maximum atomic E-state index is 11.9. The van der Waals surface area contributed by atoms with E-state index in [0.29, 0.717) is 0 Å². The van der Waals surface area contributed by atoms with Crippen LogP contribution in [0.15, 0.2) is 0 Å². The van der Waals surface area contributed by atoms with Crippen molar-refractivity contribution in [3.05, 3.63) is 0 Å². The zero-order valence-electron chi connectivity index (χ0n) is 8.98. The normalized spacial score (nSPS) is 40.0. The van der Waals surface area contributed by atoms with Crippen molar-refractivity contribution in [1.82, 2.24) is 4.31 Å². The predicted molar refractivity (Wildman–Crippen MR) is 54.0 cm³/mol. The highest BCUT2D eigenvalue weighted by atomic mass is 32.2. The topological polar surface area (TPSA) is 37.4 Å². The molecule has 0 aromatic heterocycles. The van der Waals surface area contributed by atoms with E-state index in [2.05, 4.69) is 0 Å². The van der Waals surface area contributed by atoms with Crippen LogP contribution in [0, 0.1) is 5.92 Å². The lowest BCUT2D eigenvalue weighted by Crippen LogP contribution is -2.38. The summed E-state index contributed by atoms with van der Waals surface area (Å²) in [5.41, 5.74) is 0. The van der Waals surface area contributed by atoms with E-state index in [1.807, 2.05) is 27.7 Å². The minimum Gasteiger partial charge on any atom is -0.212 e. The molecule has 1 aliphatic heterocycles. The summed E-state index contributed by atoms with van der Waals surface area (Å²) < 4.78 is 25.4. The van der Waals surface area contributed by atoms with Gasteiger partial charge < -0.3 is 0 Å². The molecule has 0 bridgehead atoms. The standard InChI is InChI=1S/C9H19NO2S/c1-6(2)10-8(4)7(3)9(5)13(10,11)12/h6-9H,1-5H3. The van der Waals surface area contributed by atoms with E-state index in [1.54, 1.807) is 11.2 Å². The van der Waals surface area contributed by atoms with E-state index in [1.165, 1.54) is 0 Å². The third-order valence-corrected chi connectivity index (χ3v) is 5.89. The number of hydrogen-bond donors (Lipinski definition) is 0. The lowest BCUT2D eigenvalue weighted by atomic mass is 10.0. The second kappa shape index (κ2) is 3.24. The summed E-state index contributed by atoms with van der Waals surface area (Å²) in [6.07, 6.45) is 0. The van der Waals surface area contributed by atoms with Gasteiger partial charge >= 0.3 is 0 Å². The lowest BCUT2D eigenvalue weighted by Gasteiger charge is -2.24. The molecule has 13 heavy (non-hydrogen) atoms. The van der Waals surface area contributed by atoms with Crippen LogP contribution in [0.3, 0.4) is 0 Å². The Morgan fingerprint density at radius 1 is 1.15 bits per heavy atom. The van der Waals surface area contributed by atoms with Crippen LogP contribution in [0.1, 0.15) is 34.6 Å². The zero-order chi connectivity index (χ0) is 10.4. The Balaban J connectivity index is 3.10. The highest BCUT2D eigenvalue weighted by Crippen LogP contribution is 2.34. The van der Waals surface area contributed by atoms with E-state index in [4.69, 9.17) is 0 Å². The maximum Gasteiger partial charge on any atom is 0.217 e. The Bertz CT molecular complexity index is 284. The van der Waals surface area contributed by atoms with Crippen molar-refractivity contribution < 1.29 is 8.42 Å². The Morgan fingerprint density at radius 3 is 1.77 bits per heavy atom. The van der Waals surface area contributed by atoms with Gasteiger partial charge in [0.15, 0.2) is 0 Å². The Kier molecular flexibility index (Phi) is 2.74. The largest absolute Gasteiger partial charge is 0.217 e. The lowest BCUT2D eigenvalue weighted by molar-refractivity contribution is 0.268. The Morgan fingerprint density at radius 2 is 1.62 bits per heavy atom. The van der Waals surface area contributed by atoms with Gasteiger partial charge in [0.1, 0.15) is 0 Å². The summed E-state index contributed by atoms with van der Waals surface area (Å²) in [4.78, 5) is 0. The third-order valence-electron chi connectivity index (χ3n) is 3.18. The van der Waals surface area contributed by atoms with Crippen LogP contribution in [-0.4, -0.2) is 30.1 Å². The van der Waals surface area contributed by atoms with E-state index >= 15 is 0 Å². The monoisotopic (exact) mass is 205 g/mol. The van der Waals surface area contributed by atoms with Gasteiger partial charge in [-0.1, -0.05) is 6.92 Å². The average molecular weight is 205 g/mol. The third kappa shape index (κ3) is 1.50. The summed E-state index contributed by atoms with van der Waals surface area (Å²) in [6, 6.07) is 0.215. The molecule has 78 valence electrons. The molecule has 0 saturated carbocycles. The van der Waals surface area contributed by atoms with E-state index in [9.17, 15) is 8.42 Å².